The first-order valence-electron chi connectivity index (χ1n) is 7.26. The summed E-state index contributed by atoms with van der Waals surface area (Å²) in [6.07, 6.45) is 1.04. The molecule has 5 heteroatoms. The number of aryl methyl sites for hydroxylation is 2. The molecule has 1 aliphatic rings. The van der Waals surface area contributed by atoms with E-state index in [-0.39, 0.29) is 18.2 Å². The van der Waals surface area contributed by atoms with Gasteiger partial charge in [0.25, 0.3) is 0 Å². The van der Waals surface area contributed by atoms with E-state index in [1.807, 2.05) is 36.9 Å². The first-order valence-corrected chi connectivity index (χ1v) is 7.26. The monoisotopic (exact) mass is 290 g/mol. The Morgan fingerprint density at radius 2 is 2.00 bits per heavy atom. The summed E-state index contributed by atoms with van der Waals surface area (Å²) in [5.74, 6) is -0.638. The molecule has 5 nitrogen and oxygen atoms in total. The van der Waals surface area contributed by atoms with Gasteiger partial charge in [-0.1, -0.05) is 18.2 Å². The predicted molar refractivity (Wildman–Crippen MR) is 81.3 cm³/mol. The molecular formula is C16H22N2O3. The van der Waals surface area contributed by atoms with E-state index in [1.165, 1.54) is 0 Å². The van der Waals surface area contributed by atoms with Crippen molar-refractivity contribution in [3.8, 4) is 0 Å². The van der Waals surface area contributed by atoms with E-state index in [0.29, 0.717) is 13.1 Å². The fourth-order valence-corrected chi connectivity index (χ4v) is 2.86. The average molecular weight is 290 g/mol. The van der Waals surface area contributed by atoms with E-state index in [9.17, 15) is 9.59 Å². The third kappa shape index (κ3) is 4.29. The van der Waals surface area contributed by atoms with Crippen LogP contribution in [-0.4, -0.2) is 41.5 Å². The van der Waals surface area contributed by atoms with Gasteiger partial charge in [0.15, 0.2) is 0 Å². The van der Waals surface area contributed by atoms with Crippen molar-refractivity contribution in [3.05, 3.63) is 29.3 Å². The van der Waals surface area contributed by atoms with E-state index in [2.05, 4.69) is 5.32 Å². The predicted octanol–water partition coefficient (Wildman–Crippen LogP) is 2.04. The molecule has 114 valence electrons. The number of benzene rings is 1. The fourth-order valence-electron chi connectivity index (χ4n) is 2.86. The van der Waals surface area contributed by atoms with Crippen molar-refractivity contribution in [3.63, 3.8) is 0 Å². The SMILES string of the molecule is Cc1cccc(C)c1NC(=O)CN1CCC(CC(=O)O)C1. The van der Waals surface area contributed by atoms with Gasteiger partial charge in [-0.05, 0) is 43.9 Å². The van der Waals surface area contributed by atoms with Gasteiger partial charge in [0, 0.05) is 18.7 Å². The van der Waals surface area contributed by atoms with Crippen molar-refractivity contribution in [1.29, 1.82) is 0 Å². The highest BCUT2D eigenvalue weighted by Gasteiger charge is 2.25. The normalized spacial score (nSPS) is 18.7. The van der Waals surface area contributed by atoms with Crippen molar-refractivity contribution in [2.45, 2.75) is 26.7 Å². The Hall–Kier alpha value is -1.88. The maximum atomic E-state index is 12.1. The summed E-state index contributed by atoms with van der Waals surface area (Å²) < 4.78 is 0. The second kappa shape index (κ2) is 6.72. The van der Waals surface area contributed by atoms with E-state index in [4.69, 9.17) is 5.11 Å². The van der Waals surface area contributed by atoms with Crippen molar-refractivity contribution in [2.24, 2.45) is 5.92 Å². The van der Waals surface area contributed by atoms with Crippen LogP contribution in [0.5, 0.6) is 0 Å². The molecule has 1 amide bonds. The van der Waals surface area contributed by atoms with Gasteiger partial charge in [-0.25, -0.2) is 0 Å². The first kappa shape index (κ1) is 15.5. The number of para-hydroxylation sites is 1. The Morgan fingerprint density at radius 1 is 1.33 bits per heavy atom. The van der Waals surface area contributed by atoms with Gasteiger partial charge in [-0.15, -0.1) is 0 Å². The van der Waals surface area contributed by atoms with Crippen LogP contribution in [0.2, 0.25) is 0 Å². The van der Waals surface area contributed by atoms with E-state index in [0.717, 1.165) is 29.8 Å². The summed E-state index contributed by atoms with van der Waals surface area (Å²) in [7, 11) is 0. The lowest BCUT2D eigenvalue weighted by atomic mass is 10.1. The molecular weight excluding hydrogens is 268 g/mol. The number of nitrogens with one attached hydrogen (secondary N) is 1. The number of aliphatic carboxylic acids is 1. The quantitative estimate of drug-likeness (QED) is 0.870. The lowest BCUT2D eigenvalue weighted by Crippen LogP contribution is -2.32. The molecule has 0 aliphatic carbocycles. The van der Waals surface area contributed by atoms with E-state index >= 15 is 0 Å². The van der Waals surface area contributed by atoms with Gasteiger partial charge in [-0.3, -0.25) is 14.5 Å². The van der Waals surface area contributed by atoms with Gasteiger partial charge in [-0.2, -0.15) is 0 Å². The standard InChI is InChI=1S/C16H22N2O3/c1-11-4-3-5-12(2)16(11)17-14(19)10-18-7-6-13(9-18)8-15(20)21/h3-5,13H,6-10H2,1-2H3,(H,17,19)(H,20,21). The van der Waals surface area contributed by atoms with E-state index in [1.54, 1.807) is 0 Å². The van der Waals surface area contributed by atoms with Gasteiger partial charge in [0.2, 0.25) is 5.91 Å². The summed E-state index contributed by atoms with van der Waals surface area (Å²) >= 11 is 0. The highest BCUT2D eigenvalue weighted by Crippen LogP contribution is 2.21. The van der Waals surface area contributed by atoms with Crippen LogP contribution in [0.4, 0.5) is 5.69 Å². The maximum Gasteiger partial charge on any atom is 0.303 e. The summed E-state index contributed by atoms with van der Waals surface area (Å²) in [5, 5.41) is 11.8. The number of nitrogens with zero attached hydrogens (tertiary/aromatic N) is 1. The zero-order chi connectivity index (χ0) is 15.4. The lowest BCUT2D eigenvalue weighted by Gasteiger charge is -2.17. The Labute approximate surface area is 125 Å². The van der Waals surface area contributed by atoms with Crippen molar-refractivity contribution >= 4 is 17.6 Å². The zero-order valence-electron chi connectivity index (χ0n) is 12.6. The largest absolute Gasteiger partial charge is 0.481 e. The topological polar surface area (TPSA) is 69.6 Å². The van der Waals surface area contributed by atoms with Gasteiger partial charge >= 0.3 is 5.97 Å². The van der Waals surface area contributed by atoms with E-state index < -0.39 is 5.97 Å². The van der Waals surface area contributed by atoms with Crippen LogP contribution in [-0.2, 0) is 9.59 Å². The molecule has 0 bridgehead atoms. The summed E-state index contributed by atoms with van der Waals surface area (Å²) in [4.78, 5) is 24.9. The molecule has 1 atom stereocenters. The van der Waals surface area contributed by atoms with Crippen LogP contribution >= 0.6 is 0 Å². The molecule has 1 fully saturated rings. The maximum absolute atomic E-state index is 12.1. The van der Waals surface area contributed by atoms with Crippen LogP contribution in [0.15, 0.2) is 18.2 Å². The highest BCUT2D eigenvalue weighted by atomic mass is 16.4. The van der Waals surface area contributed by atoms with Crippen LogP contribution in [0.3, 0.4) is 0 Å². The number of carbonyl (C=O) groups excluding carboxylic acids is 1. The average Bonchev–Trinajstić information content (AvgIpc) is 2.80. The summed E-state index contributed by atoms with van der Waals surface area (Å²) in [6.45, 7) is 5.75. The molecule has 1 aliphatic heterocycles. The number of hydrogen-bond acceptors (Lipinski definition) is 3. The van der Waals surface area contributed by atoms with Gasteiger partial charge < -0.3 is 10.4 Å². The van der Waals surface area contributed by atoms with Crippen LogP contribution in [0.1, 0.15) is 24.0 Å². The molecule has 0 saturated carbocycles. The van der Waals surface area contributed by atoms with Crippen LogP contribution in [0, 0.1) is 19.8 Å². The number of rotatable bonds is 5. The number of likely N-dealkylation sites (tertiary alicyclic amines) is 1. The Balaban J connectivity index is 1.87. The van der Waals surface area contributed by atoms with Crippen molar-refractivity contribution in [1.82, 2.24) is 4.90 Å². The smallest absolute Gasteiger partial charge is 0.303 e. The molecule has 2 rings (SSSR count). The second-order valence-electron chi connectivity index (χ2n) is 5.80. The molecule has 21 heavy (non-hydrogen) atoms. The molecule has 1 heterocycles. The molecule has 1 aromatic carbocycles. The Morgan fingerprint density at radius 3 is 2.62 bits per heavy atom. The number of carboxylic acid groups (broad SMARTS) is 1. The molecule has 1 unspecified atom stereocenters. The highest BCUT2D eigenvalue weighted by molar-refractivity contribution is 5.93. The Kier molecular flexibility index (Phi) is 4.96. The minimum absolute atomic E-state index is 0.0385. The number of carboxylic acids is 1. The number of anilines is 1. The lowest BCUT2D eigenvalue weighted by molar-refractivity contribution is -0.138. The molecule has 2 N–H and O–H groups in total. The van der Waals surface area contributed by atoms with Crippen LogP contribution in [0.25, 0.3) is 0 Å². The minimum Gasteiger partial charge on any atom is -0.481 e. The molecule has 0 spiro atoms. The number of carbonyl (C=O) groups is 2. The minimum atomic E-state index is -0.762. The van der Waals surface area contributed by atoms with Crippen molar-refractivity contribution in [2.75, 3.05) is 25.0 Å². The first-order chi connectivity index (χ1) is 9.95. The summed E-state index contributed by atoms with van der Waals surface area (Å²) in [6, 6.07) is 5.92. The van der Waals surface area contributed by atoms with Crippen LogP contribution < -0.4 is 5.32 Å². The molecule has 1 aromatic rings. The van der Waals surface area contributed by atoms with Gasteiger partial charge in [0.05, 0.1) is 6.54 Å². The fraction of sp³-hybridized carbons (Fsp3) is 0.500. The zero-order valence-corrected chi connectivity index (χ0v) is 12.6. The molecule has 1 saturated heterocycles. The Bertz CT molecular complexity index is 522. The third-order valence-electron chi connectivity index (χ3n) is 3.95. The third-order valence-corrected chi connectivity index (χ3v) is 3.95. The number of hydrogen-bond donors (Lipinski definition) is 2. The van der Waals surface area contributed by atoms with Gasteiger partial charge in [0.1, 0.15) is 0 Å². The summed E-state index contributed by atoms with van der Waals surface area (Å²) in [5.41, 5.74) is 2.98. The van der Waals surface area contributed by atoms with Crippen molar-refractivity contribution < 1.29 is 14.7 Å². The molecule has 0 aromatic heterocycles. The number of amides is 1. The molecule has 0 radical (unpaired) electrons. The second-order valence-corrected chi connectivity index (χ2v) is 5.80.